The number of halogens is 1. The highest BCUT2D eigenvalue weighted by molar-refractivity contribution is 6.08. The van der Waals surface area contributed by atoms with E-state index in [1.54, 1.807) is 19.1 Å². The minimum absolute atomic E-state index is 0.236. The van der Waals surface area contributed by atoms with Crippen molar-refractivity contribution >= 4 is 34.8 Å². The molecule has 1 heterocycles. The van der Waals surface area contributed by atoms with Crippen LogP contribution in [0, 0.1) is 5.82 Å². The van der Waals surface area contributed by atoms with Crippen molar-refractivity contribution in [3.8, 4) is 0 Å². The Hall–Kier alpha value is -3.94. The minimum Gasteiger partial charge on any atom is -0.355 e. The van der Waals surface area contributed by atoms with Crippen LogP contribution in [0.4, 0.5) is 32.1 Å². The van der Waals surface area contributed by atoms with Crippen LogP contribution in [-0.2, 0) is 0 Å². The largest absolute Gasteiger partial charge is 0.355 e. The Labute approximate surface area is 167 Å². The fourth-order valence-electron chi connectivity index (χ4n) is 2.57. The van der Waals surface area contributed by atoms with Gasteiger partial charge in [0.2, 0.25) is 0 Å². The van der Waals surface area contributed by atoms with Crippen molar-refractivity contribution in [1.29, 1.82) is 0 Å². The number of carbonyl (C=O) groups excluding carboxylic acids is 2. The summed E-state index contributed by atoms with van der Waals surface area (Å²) in [5, 5.41) is 11.0. The molecule has 0 aliphatic rings. The Morgan fingerprint density at radius 1 is 0.966 bits per heavy atom. The van der Waals surface area contributed by atoms with Crippen molar-refractivity contribution in [1.82, 2.24) is 10.3 Å². The molecule has 3 rings (SSSR count). The van der Waals surface area contributed by atoms with Gasteiger partial charge in [0.1, 0.15) is 11.6 Å². The van der Waals surface area contributed by atoms with Gasteiger partial charge in [0.15, 0.2) is 0 Å². The number of hydrogen-bond donors (Lipinski definition) is 4. The van der Waals surface area contributed by atoms with Gasteiger partial charge in [-0.15, -0.1) is 0 Å². The molecule has 3 aromatic rings. The zero-order valence-corrected chi connectivity index (χ0v) is 15.7. The summed E-state index contributed by atoms with van der Waals surface area (Å²) < 4.78 is 13.4. The van der Waals surface area contributed by atoms with Gasteiger partial charge in [-0.05, 0) is 37.3 Å². The van der Waals surface area contributed by atoms with Crippen molar-refractivity contribution < 1.29 is 14.0 Å². The van der Waals surface area contributed by atoms with Gasteiger partial charge in [0.25, 0.3) is 5.91 Å². The molecule has 2 aromatic carbocycles. The van der Waals surface area contributed by atoms with E-state index < -0.39 is 17.8 Å². The van der Waals surface area contributed by atoms with Crippen molar-refractivity contribution in [2.24, 2.45) is 0 Å². The number of pyridine rings is 1. The number of anilines is 4. The number of para-hydroxylation sites is 1. The van der Waals surface area contributed by atoms with Crippen LogP contribution in [0.25, 0.3) is 0 Å². The maximum absolute atomic E-state index is 13.4. The van der Waals surface area contributed by atoms with Crippen molar-refractivity contribution in [3.05, 3.63) is 78.2 Å². The second-order valence-electron chi connectivity index (χ2n) is 6.06. The Morgan fingerprint density at radius 3 is 2.45 bits per heavy atom. The lowest BCUT2D eigenvalue weighted by molar-refractivity contribution is 0.102. The summed E-state index contributed by atoms with van der Waals surface area (Å²) in [4.78, 5) is 28.7. The van der Waals surface area contributed by atoms with E-state index in [-0.39, 0.29) is 11.4 Å². The Morgan fingerprint density at radius 2 is 1.72 bits per heavy atom. The maximum atomic E-state index is 13.4. The van der Waals surface area contributed by atoms with Crippen LogP contribution in [-0.4, -0.2) is 23.5 Å². The first-order valence-corrected chi connectivity index (χ1v) is 8.99. The molecule has 3 amide bonds. The molecular formula is C21H20FN5O2. The smallest absolute Gasteiger partial charge is 0.320 e. The molecule has 0 aliphatic heterocycles. The molecule has 0 unspecified atom stereocenters. The SMILES string of the molecule is CCNC(=O)Nc1cc(Nc2ccccc2)c(C(=O)Nc2cccc(F)c2)cn1. The van der Waals surface area contributed by atoms with E-state index in [4.69, 9.17) is 0 Å². The number of hydrogen-bond acceptors (Lipinski definition) is 4. The summed E-state index contributed by atoms with van der Waals surface area (Å²) in [6, 6.07) is 16.0. The predicted octanol–water partition coefficient (Wildman–Crippen LogP) is 4.36. The van der Waals surface area contributed by atoms with Crippen molar-refractivity contribution in [3.63, 3.8) is 0 Å². The third kappa shape index (κ3) is 5.52. The van der Waals surface area contributed by atoms with E-state index in [0.29, 0.717) is 17.9 Å². The Kier molecular flexibility index (Phi) is 6.36. The topological polar surface area (TPSA) is 95.2 Å². The number of nitrogens with one attached hydrogen (secondary N) is 4. The van der Waals surface area contributed by atoms with Gasteiger partial charge in [0.05, 0.1) is 11.3 Å². The van der Waals surface area contributed by atoms with E-state index in [2.05, 4.69) is 26.3 Å². The number of carbonyl (C=O) groups is 2. The summed E-state index contributed by atoms with van der Waals surface area (Å²) >= 11 is 0. The van der Waals surface area contributed by atoms with Crippen molar-refractivity contribution in [2.45, 2.75) is 6.92 Å². The molecule has 0 fully saturated rings. The normalized spacial score (nSPS) is 10.1. The molecule has 29 heavy (non-hydrogen) atoms. The molecule has 0 saturated carbocycles. The summed E-state index contributed by atoms with van der Waals surface area (Å²) in [5.74, 6) is -0.646. The number of urea groups is 1. The predicted molar refractivity (Wildman–Crippen MR) is 111 cm³/mol. The molecule has 8 heteroatoms. The van der Waals surface area contributed by atoms with Crippen LogP contribution in [0.5, 0.6) is 0 Å². The molecular weight excluding hydrogens is 373 g/mol. The maximum Gasteiger partial charge on any atom is 0.320 e. The molecule has 0 bridgehead atoms. The first-order chi connectivity index (χ1) is 14.0. The Bertz CT molecular complexity index is 1010. The van der Waals surface area contributed by atoms with Crippen LogP contribution in [0.3, 0.4) is 0 Å². The molecule has 0 radical (unpaired) electrons. The van der Waals surface area contributed by atoms with Crippen LogP contribution in [0.15, 0.2) is 66.9 Å². The van der Waals surface area contributed by atoms with Crippen LogP contribution >= 0.6 is 0 Å². The van der Waals surface area contributed by atoms with E-state index >= 15 is 0 Å². The zero-order chi connectivity index (χ0) is 20.6. The molecule has 148 valence electrons. The minimum atomic E-state index is -0.467. The van der Waals surface area contributed by atoms with Crippen LogP contribution < -0.4 is 21.3 Å². The highest BCUT2D eigenvalue weighted by atomic mass is 19.1. The first-order valence-electron chi connectivity index (χ1n) is 8.99. The second-order valence-corrected chi connectivity index (χ2v) is 6.06. The molecule has 0 spiro atoms. The average molecular weight is 393 g/mol. The van der Waals surface area contributed by atoms with Gasteiger partial charge in [-0.25, -0.2) is 14.2 Å². The van der Waals surface area contributed by atoms with E-state index in [0.717, 1.165) is 5.69 Å². The first kappa shape index (κ1) is 19.8. The van der Waals surface area contributed by atoms with Crippen LogP contribution in [0.1, 0.15) is 17.3 Å². The van der Waals surface area contributed by atoms with Gasteiger partial charge >= 0.3 is 6.03 Å². The van der Waals surface area contributed by atoms with Gasteiger partial charge in [-0.2, -0.15) is 0 Å². The average Bonchev–Trinajstić information content (AvgIpc) is 2.69. The lowest BCUT2D eigenvalue weighted by Crippen LogP contribution is -2.28. The van der Waals surface area contributed by atoms with E-state index in [9.17, 15) is 14.0 Å². The number of amides is 3. The lowest BCUT2D eigenvalue weighted by Gasteiger charge is -2.14. The highest BCUT2D eigenvalue weighted by Crippen LogP contribution is 2.24. The van der Waals surface area contributed by atoms with Crippen molar-refractivity contribution in [2.75, 3.05) is 22.5 Å². The fourth-order valence-corrected chi connectivity index (χ4v) is 2.57. The summed E-state index contributed by atoms with van der Waals surface area (Å²) in [7, 11) is 0. The molecule has 0 atom stereocenters. The number of nitrogens with zero attached hydrogens (tertiary/aromatic N) is 1. The zero-order valence-electron chi connectivity index (χ0n) is 15.7. The van der Waals surface area contributed by atoms with E-state index in [1.807, 2.05) is 30.3 Å². The fraction of sp³-hybridized carbons (Fsp3) is 0.0952. The second kappa shape index (κ2) is 9.32. The molecule has 0 saturated heterocycles. The summed E-state index contributed by atoms with van der Waals surface area (Å²) in [6.45, 7) is 2.27. The molecule has 7 nitrogen and oxygen atoms in total. The number of rotatable bonds is 6. The van der Waals surface area contributed by atoms with E-state index in [1.165, 1.54) is 24.4 Å². The number of benzene rings is 2. The number of aromatic nitrogens is 1. The van der Waals surface area contributed by atoms with Crippen LogP contribution in [0.2, 0.25) is 0 Å². The summed E-state index contributed by atoms with van der Waals surface area (Å²) in [5.41, 5.74) is 1.75. The van der Waals surface area contributed by atoms with Gasteiger partial charge in [-0.1, -0.05) is 24.3 Å². The van der Waals surface area contributed by atoms with Gasteiger partial charge in [0, 0.05) is 30.2 Å². The third-order valence-electron chi connectivity index (χ3n) is 3.86. The quantitative estimate of drug-likeness (QED) is 0.500. The Balaban J connectivity index is 1.89. The molecule has 0 aliphatic carbocycles. The van der Waals surface area contributed by atoms with Gasteiger partial charge < -0.3 is 16.0 Å². The monoisotopic (exact) mass is 393 g/mol. The summed E-state index contributed by atoms with van der Waals surface area (Å²) in [6.07, 6.45) is 1.35. The lowest BCUT2D eigenvalue weighted by atomic mass is 10.2. The van der Waals surface area contributed by atoms with Gasteiger partial charge in [-0.3, -0.25) is 10.1 Å². The standard InChI is InChI=1S/C21H20FN5O2/c1-2-23-21(29)27-19-12-18(25-15-8-4-3-5-9-15)17(13-24-19)20(28)26-16-10-6-7-14(22)11-16/h3-13H,2H2,1H3,(H,26,28)(H3,23,24,25,27,29). The highest BCUT2D eigenvalue weighted by Gasteiger charge is 2.15. The molecule has 1 aromatic heterocycles. The third-order valence-corrected chi connectivity index (χ3v) is 3.86. The molecule has 4 N–H and O–H groups in total.